The summed E-state index contributed by atoms with van der Waals surface area (Å²) in [6.45, 7) is 2.12. The molecule has 1 fully saturated rings. The summed E-state index contributed by atoms with van der Waals surface area (Å²) in [5.41, 5.74) is 4.61. The van der Waals surface area contributed by atoms with Crippen molar-refractivity contribution in [2.24, 2.45) is 11.7 Å². The van der Waals surface area contributed by atoms with Gasteiger partial charge in [0, 0.05) is 0 Å². The monoisotopic (exact) mass is 186 g/mol. The zero-order valence-electron chi connectivity index (χ0n) is 8.05. The van der Waals surface area contributed by atoms with Gasteiger partial charge >= 0.3 is 6.03 Å². The molecule has 0 aliphatic heterocycles. The van der Waals surface area contributed by atoms with Crippen LogP contribution in [0, 0.1) is 5.92 Å². The molecule has 4 nitrogen and oxygen atoms in total. The summed E-state index contributed by atoms with van der Waals surface area (Å²) in [6, 6.07) is -0.539. The zero-order chi connectivity index (χ0) is 9.90. The molecule has 2 atom stereocenters. The maximum Gasteiger partial charge on any atom is 0.312 e. The van der Waals surface area contributed by atoms with Crippen LogP contribution in [0.15, 0.2) is 0 Å². The predicted molar refractivity (Wildman–Crippen MR) is 50.2 cm³/mol. The van der Waals surface area contributed by atoms with E-state index in [1.54, 1.807) is 0 Å². The molecule has 0 aromatic carbocycles. The van der Waals surface area contributed by atoms with Gasteiger partial charge in [0.2, 0.25) is 0 Å². The van der Waals surface area contributed by atoms with Crippen molar-refractivity contribution in [3.8, 4) is 0 Å². The van der Waals surface area contributed by atoms with Crippen molar-refractivity contribution < 1.29 is 9.90 Å². The minimum atomic E-state index is -0.539. The van der Waals surface area contributed by atoms with Gasteiger partial charge in [-0.15, -0.1) is 0 Å². The Kier molecular flexibility index (Phi) is 3.14. The third-order valence-electron chi connectivity index (χ3n) is 2.78. The minimum absolute atomic E-state index is 0.0136. The van der Waals surface area contributed by atoms with E-state index < -0.39 is 11.6 Å². The Morgan fingerprint density at radius 3 is 2.92 bits per heavy atom. The summed E-state index contributed by atoms with van der Waals surface area (Å²) in [7, 11) is 0. The van der Waals surface area contributed by atoms with E-state index in [1.807, 2.05) is 0 Å². The first-order valence-electron chi connectivity index (χ1n) is 4.76. The molecule has 0 spiro atoms. The third kappa shape index (κ3) is 2.59. The fourth-order valence-corrected chi connectivity index (χ4v) is 2.22. The highest BCUT2D eigenvalue weighted by atomic mass is 16.3. The van der Waals surface area contributed by atoms with Gasteiger partial charge in [-0.2, -0.15) is 0 Å². The number of nitrogens with one attached hydrogen (secondary N) is 1. The lowest BCUT2D eigenvalue weighted by molar-refractivity contribution is 0.107. The van der Waals surface area contributed by atoms with Crippen molar-refractivity contribution in [3.05, 3.63) is 0 Å². The lowest BCUT2D eigenvalue weighted by Gasteiger charge is -2.38. The number of amides is 2. The molecule has 76 valence electrons. The second-order valence-corrected chi connectivity index (χ2v) is 4.13. The average Bonchev–Trinajstić information content (AvgIpc) is 2.03. The smallest absolute Gasteiger partial charge is 0.312 e. The number of nitrogens with two attached hydrogens (primary N) is 1. The Labute approximate surface area is 78.5 Å². The van der Waals surface area contributed by atoms with E-state index in [2.05, 4.69) is 12.2 Å². The second-order valence-electron chi connectivity index (χ2n) is 4.13. The molecule has 4 N–H and O–H groups in total. The topological polar surface area (TPSA) is 75.3 Å². The lowest BCUT2D eigenvalue weighted by Crippen LogP contribution is -2.55. The van der Waals surface area contributed by atoms with E-state index in [0.717, 1.165) is 19.3 Å². The highest BCUT2D eigenvalue weighted by molar-refractivity contribution is 5.72. The molecule has 1 aliphatic rings. The fourth-order valence-electron chi connectivity index (χ4n) is 2.22. The van der Waals surface area contributed by atoms with E-state index in [4.69, 9.17) is 5.73 Å². The number of hydrogen-bond acceptors (Lipinski definition) is 2. The van der Waals surface area contributed by atoms with Gasteiger partial charge in [-0.05, 0) is 18.8 Å². The van der Waals surface area contributed by atoms with Gasteiger partial charge in [-0.25, -0.2) is 4.79 Å². The molecule has 2 amide bonds. The number of hydrogen-bond donors (Lipinski definition) is 3. The van der Waals surface area contributed by atoms with Gasteiger partial charge in [0.05, 0.1) is 12.1 Å². The van der Waals surface area contributed by atoms with Crippen LogP contribution in [0.5, 0.6) is 0 Å². The van der Waals surface area contributed by atoms with Crippen LogP contribution in [0.1, 0.15) is 32.6 Å². The molecule has 2 unspecified atom stereocenters. The molecule has 0 saturated heterocycles. The van der Waals surface area contributed by atoms with Crippen molar-refractivity contribution in [3.63, 3.8) is 0 Å². The van der Waals surface area contributed by atoms with Crippen molar-refractivity contribution >= 4 is 6.03 Å². The average molecular weight is 186 g/mol. The van der Waals surface area contributed by atoms with Crippen molar-refractivity contribution in [2.75, 3.05) is 6.61 Å². The Balaban J connectivity index is 2.61. The van der Waals surface area contributed by atoms with Gasteiger partial charge in [-0.1, -0.05) is 19.8 Å². The SMILES string of the molecule is CC1CCCC(CO)(NC(N)=O)C1. The Morgan fingerprint density at radius 2 is 2.46 bits per heavy atom. The van der Waals surface area contributed by atoms with Crippen molar-refractivity contribution in [2.45, 2.75) is 38.1 Å². The van der Waals surface area contributed by atoms with Crippen LogP contribution in [-0.2, 0) is 0 Å². The van der Waals surface area contributed by atoms with Crippen LogP contribution in [0.3, 0.4) is 0 Å². The first-order valence-corrected chi connectivity index (χ1v) is 4.76. The number of urea groups is 1. The largest absolute Gasteiger partial charge is 0.394 e. The molecular weight excluding hydrogens is 168 g/mol. The van der Waals surface area contributed by atoms with Crippen LogP contribution in [-0.4, -0.2) is 23.3 Å². The summed E-state index contributed by atoms with van der Waals surface area (Å²) in [6.07, 6.45) is 3.87. The normalized spacial score (nSPS) is 34.2. The van der Waals surface area contributed by atoms with E-state index in [0.29, 0.717) is 5.92 Å². The lowest BCUT2D eigenvalue weighted by atomic mass is 9.77. The Morgan fingerprint density at radius 1 is 1.77 bits per heavy atom. The molecule has 0 radical (unpaired) electrons. The molecule has 0 aromatic rings. The molecule has 1 aliphatic carbocycles. The van der Waals surface area contributed by atoms with Gasteiger partial charge in [0.25, 0.3) is 0 Å². The third-order valence-corrected chi connectivity index (χ3v) is 2.78. The van der Waals surface area contributed by atoms with Gasteiger partial charge in [-0.3, -0.25) is 0 Å². The summed E-state index contributed by atoms with van der Waals surface area (Å²) in [4.78, 5) is 10.7. The number of rotatable bonds is 2. The zero-order valence-corrected chi connectivity index (χ0v) is 8.05. The summed E-state index contributed by atoms with van der Waals surface area (Å²) in [5, 5.41) is 11.9. The summed E-state index contributed by atoms with van der Waals surface area (Å²) in [5.74, 6) is 0.549. The van der Waals surface area contributed by atoms with Crippen LogP contribution >= 0.6 is 0 Å². The maximum atomic E-state index is 10.7. The molecule has 0 aromatic heterocycles. The highest BCUT2D eigenvalue weighted by Gasteiger charge is 2.35. The van der Waals surface area contributed by atoms with Crippen molar-refractivity contribution in [1.82, 2.24) is 5.32 Å². The second kappa shape index (κ2) is 3.96. The summed E-state index contributed by atoms with van der Waals surface area (Å²) < 4.78 is 0. The number of aliphatic hydroxyl groups is 1. The molecule has 1 saturated carbocycles. The van der Waals surface area contributed by atoms with Crippen LogP contribution in [0.4, 0.5) is 4.79 Å². The molecule has 1 rings (SSSR count). The number of carbonyl (C=O) groups excluding carboxylic acids is 1. The molecule has 4 heteroatoms. The number of aliphatic hydroxyl groups excluding tert-OH is 1. The van der Waals surface area contributed by atoms with Crippen LogP contribution < -0.4 is 11.1 Å². The Bertz CT molecular complexity index is 196. The number of primary amides is 1. The van der Waals surface area contributed by atoms with Crippen molar-refractivity contribution in [1.29, 1.82) is 0 Å². The molecule has 13 heavy (non-hydrogen) atoms. The molecule has 0 heterocycles. The van der Waals surface area contributed by atoms with Gasteiger partial charge in [0.1, 0.15) is 0 Å². The van der Waals surface area contributed by atoms with Gasteiger partial charge in [0.15, 0.2) is 0 Å². The maximum absolute atomic E-state index is 10.7. The Hall–Kier alpha value is -0.770. The van der Waals surface area contributed by atoms with E-state index in [1.165, 1.54) is 6.42 Å². The van der Waals surface area contributed by atoms with Gasteiger partial charge < -0.3 is 16.2 Å². The van der Waals surface area contributed by atoms with E-state index in [9.17, 15) is 9.90 Å². The van der Waals surface area contributed by atoms with Crippen LogP contribution in [0.2, 0.25) is 0 Å². The van der Waals surface area contributed by atoms with E-state index >= 15 is 0 Å². The first-order chi connectivity index (χ1) is 6.08. The minimum Gasteiger partial charge on any atom is -0.394 e. The van der Waals surface area contributed by atoms with E-state index in [-0.39, 0.29) is 6.61 Å². The fraction of sp³-hybridized carbons (Fsp3) is 0.889. The van der Waals surface area contributed by atoms with Crippen LogP contribution in [0.25, 0.3) is 0 Å². The molecular formula is C9H18N2O2. The standard InChI is InChI=1S/C9H18N2O2/c1-7-3-2-4-9(5-7,6-12)11-8(10)13/h7,12H,2-6H2,1H3,(H3,10,11,13). The summed E-state index contributed by atoms with van der Waals surface area (Å²) >= 11 is 0. The highest BCUT2D eigenvalue weighted by Crippen LogP contribution is 2.31. The quantitative estimate of drug-likeness (QED) is 0.590. The number of carbonyl (C=O) groups is 1. The molecule has 0 bridgehead atoms. The predicted octanol–water partition coefficient (Wildman–Crippen LogP) is 0.596. The first kappa shape index (κ1) is 10.3.